The Morgan fingerprint density at radius 3 is 2.45 bits per heavy atom. The minimum atomic E-state index is 0.00139. The van der Waals surface area contributed by atoms with Crippen molar-refractivity contribution in [2.24, 2.45) is 11.0 Å². The fraction of sp³-hybridized carbons (Fsp3) is 0.529. The van der Waals surface area contributed by atoms with Crippen LogP contribution in [0.1, 0.15) is 31.4 Å². The number of hydrazone groups is 1. The van der Waals surface area contributed by atoms with Gasteiger partial charge in [0, 0.05) is 12.8 Å². The quantitative estimate of drug-likeness (QED) is 0.839. The van der Waals surface area contributed by atoms with E-state index >= 15 is 0 Å². The number of hydrogen-bond acceptors (Lipinski definition) is 4. The van der Waals surface area contributed by atoms with Gasteiger partial charge < -0.3 is 4.74 Å². The van der Waals surface area contributed by atoms with Gasteiger partial charge >= 0.3 is 0 Å². The second kappa shape index (κ2) is 5.09. The first kappa shape index (κ1) is 13.8. The molecule has 1 amide bonds. The second-order valence-corrected chi connectivity index (χ2v) is 6.36. The molecular weight excluding hydrogens is 278 g/mol. The molecule has 0 saturated carbocycles. The fourth-order valence-electron chi connectivity index (χ4n) is 4.12. The third-order valence-corrected chi connectivity index (χ3v) is 5.21. The number of piperidine rings is 3. The van der Waals surface area contributed by atoms with Crippen molar-refractivity contribution in [2.45, 2.75) is 31.8 Å². The zero-order valence-corrected chi connectivity index (χ0v) is 13.0. The molecule has 4 aliphatic heterocycles. The van der Waals surface area contributed by atoms with Gasteiger partial charge in [0.2, 0.25) is 5.91 Å². The first-order chi connectivity index (χ1) is 10.7. The lowest BCUT2D eigenvalue weighted by atomic mass is 9.78. The zero-order chi connectivity index (χ0) is 15.3. The molecule has 0 aromatic heterocycles. The molecule has 1 aromatic carbocycles. The maximum Gasteiger partial charge on any atom is 0.240 e. The van der Waals surface area contributed by atoms with E-state index in [0.717, 1.165) is 24.4 Å². The van der Waals surface area contributed by atoms with E-state index in [1.54, 1.807) is 19.0 Å². The average molecular weight is 299 g/mol. The van der Waals surface area contributed by atoms with Crippen LogP contribution >= 0.6 is 0 Å². The molecule has 5 heteroatoms. The molecule has 0 radical (unpaired) electrons. The molecule has 2 atom stereocenters. The van der Waals surface area contributed by atoms with Crippen LogP contribution in [0, 0.1) is 5.92 Å². The minimum Gasteiger partial charge on any atom is -0.497 e. The van der Waals surface area contributed by atoms with Crippen molar-refractivity contribution < 1.29 is 9.53 Å². The van der Waals surface area contributed by atoms with E-state index in [-0.39, 0.29) is 18.0 Å². The van der Waals surface area contributed by atoms with Crippen LogP contribution in [0.15, 0.2) is 29.4 Å². The van der Waals surface area contributed by atoms with E-state index in [1.165, 1.54) is 18.6 Å². The van der Waals surface area contributed by atoms with E-state index in [4.69, 9.17) is 9.84 Å². The summed E-state index contributed by atoms with van der Waals surface area (Å²) >= 11 is 0. The van der Waals surface area contributed by atoms with Gasteiger partial charge in [-0.15, -0.1) is 0 Å². The normalized spacial score (nSPS) is 32.6. The molecule has 2 bridgehead atoms. The van der Waals surface area contributed by atoms with Crippen LogP contribution in [0.2, 0.25) is 0 Å². The SMILES string of the molecule is COc1ccc([C@@H]2[C@@H]3C(=NN2C(C)=O)C2CCN3CC2)cc1. The van der Waals surface area contributed by atoms with Gasteiger partial charge in [0.1, 0.15) is 11.8 Å². The number of ether oxygens (including phenoxy) is 1. The smallest absolute Gasteiger partial charge is 0.240 e. The van der Waals surface area contributed by atoms with E-state index in [9.17, 15) is 4.79 Å². The number of fused-ring (bicyclic) bond motifs is 2. The van der Waals surface area contributed by atoms with Crippen LogP contribution in [-0.2, 0) is 4.79 Å². The Bertz CT molecular complexity index is 617. The van der Waals surface area contributed by atoms with Gasteiger partial charge in [-0.2, -0.15) is 5.10 Å². The Balaban J connectivity index is 1.74. The number of hydrogen-bond donors (Lipinski definition) is 0. The predicted octanol–water partition coefficient (Wildman–Crippen LogP) is 2.05. The van der Waals surface area contributed by atoms with Crippen LogP contribution in [0.5, 0.6) is 5.75 Å². The van der Waals surface area contributed by atoms with E-state index in [2.05, 4.69) is 17.0 Å². The van der Waals surface area contributed by atoms with E-state index < -0.39 is 0 Å². The molecule has 1 aromatic rings. The van der Waals surface area contributed by atoms with Gasteiger partial charge in [0.25, 0.3) is 0 Å². The first-order valence-corrected chi connectivity index (χ1v) is 7.95. The van der Waals surface area contributed by atoms with Crippen molar-refractivity contribution in [2.75, 3.05) is 20.2 Å². The lowest BCUT2D eigenvalue weighted by molar-refractivity contribution is -0.131. The minimum absolute atomic E-state index is 0.00139. The summed E-state index contributed by atoms with van der Waals surface area (Å²) in [5, 5.41) is 6.41. The Hall–Kier alpha value is -1.88. The van der Waals surface area contributed by atoms with Crippen molar-refractivity contribution in [1.29, 1.82) is 0 Å². The van der Waals surface area contributed by atoms with Crippen LogP contribution in [0.25, 0.3) is 0 Å². The zero-order valence-electron chi connectivity index (χ0n) is 13.0. The standard InChI is InChI=1S/C17H21N3O2/c1-11(21)20-16(13-3-5-14(22-2)6-4-13)17-15(18-20)12-7-9-19(17)10-8-12/h3-6,12,16-17H,7-10H2,1-2H3/t16-,17+/m1/s1. The van der Waals surface area contributed by atoms with Crippen LogP contribution in [0.3, 0.4) is 0 Å². The van der Waals surface area contributed by atoms with Gasteiger partial charge in [-0.05, 0) is 43.6 Å². The van der Waals surface area contributed by atoms with Crippen LogP contribution in [-0.4, -0.2) is 47.8 Å². The number of nitrogens with zero attached hydrogens (tertiary/aromatic N) is 3. The van der Waals surface area contributed by atoms with Gasteiger partial charge in [0.15, 0.2) is 0 Å². The Labute approximate surface area is 130 Å². The number of rotatable bonds is 2. The first-order valence-electron chi connectivity index (χ1n) is 7.95. The molecule has 0 unspecified atom stereocenters. The topological polar surface area (TPSA) is 45.1 Å². The Kier molecular flexibility index (Phi) is 3.18. The summed E-state index contributed by atoms with van der Waals surface area (Å²) in [6.07, 6.45) is 2.35. The molecule has 4 heterocycles. The number of benzene rings is 1. The van der Waals surface area contributed by atoms with Gasteiger partial charge in [-0.3, -0.25) is 9.69 Å². The highest BCUT2D eigenvalue weighted by molar-refractivity contribution is 5.97. The van der Waals surface area contributed by atoms with Crippen molar-refractivity contribution in [3.63, 3.8) is 0 Å². The third-order valence-electron chi connectivity index (χ3n) is 5.21. The predicted molar refractivity (Wildman–Crippen MR) is 83.8 cm³/mol. The number of amides is 1. The number of carbonyl (C=O) groups is 1. The summed E-state index contributed by atoms with van der Waals surface area (Å²) in [4.78, 5) is 14.6. The summed E-state index contributed by atoms with van der Waals surface area (Å²) in [6.45, 7) is 3.84. The summed E-state index contributed by atoms with van der Waals surface area (Å²) < 4.78 is 5.24. The van der Waals surface area contributed by atoms with Gasteiger partial charge in [0.05, 0.1) is 18.9 Å². The summed E-state index contributed by atoms with van der Waals surface area (Å²) in [5.74, 6) is 1.41. The van der Waals surface area contributed by atoms with Crippen molar-refractivity contribution >= 4 is 11.6 Å². The maximum absolute atomic E-state index is 12.1. The molecule has 3 saturated heterocycles. The molecule has 116 valence electrons. The summed E-state index contributed by atoms with van der Waals surface area (Å²) in [7, 11) is 1.67. The van der Waals surface area contributed by atoms with E-state index in [0.29, 0.717) is 5.92 Å². The molecule has 5 rings (SSSR count). The van der Waals surface area contributed by atoms with Crippen LogP contribution in [0.4, 0.5) is 0 Å². The molecular formula is C17H21N3O2. The lowest BCUT2D eigenvalue weighted by Gasteiger charge is -2.46. The summed E-state index contributed by atoms with van der Waals surface area (Å²) in [5.41, 5.74) is 2.35. The molecule has 5 nitrogen and oxygen atoms in total. The number of methoxy groups -OCH3 is 1. The number of carbonyl (C=O) groups excluding carboxylic acids is 1. The van der Waals surface area contributed by atoms with Gasteiger partial charge in [-0.25, -0.2) is 5.01 Å². The third kappa shape index (κ3) is 1.96. The van der Waals surface area contributed by atoms with Crippen molar-refractivity contribution in [3.05, 3.63) is 29.8 Å². The van der Waals surface area contributed by atoms with Gasteiger partial charge in [-0.1, -0.05) is 12.1 Å². The van der Waals surface area contributed by atoms with Crippen molar-refractivity contribution in [1.82, 2.24) is 9.91 Å². The molecule has 0 N–H and O–H groups in total. The highest BCUT2D eigenvalue weighted by atomic mass is 16.5. The Morgan fingerprint density at radius 2 is 1.86 bits per heavy atom. The van der Waals surface area contributed by atoms with Crippen LogP contribution < -0.4 is 4.74 Å². The molecule has 3 fully saturated rings. The Morgan fingerprint density at radius 1 is 1.18 bits per heavy atom. The molecule has 22 heavy (non-hydrogen) atoms. The highest BCUT2D eigenvalue weighted by Crippen LogP contribution is 2.43. The molecule has 0 spiro atoms. The molecule has 0 aliphatic carbocycles. The monoisotopic (exact) mass is 299 g/mol. The highest BCUT2D eigenvalue weighted by Gasteiger charge is 2.50. The summed E-state index contributed by atoms with van der Waals surface area (Å²) in [6, 6.07) is 8.29. The largest absolute Gasteiger partial charge is 0.497 e. The average Bonchev–Trinajstić information content (AvgIpc) is 2.99. The maximum atomic E-state index is 12.1. The second-order valence-electron chi connectivity index (χ2n) is 6.36. The van der Waals surface area contributed by atoms with E-state index in [1.807, 2.05) is 12.1 Å². The lowest BCUT2D eigenvalue weighted by Crippen LogP contribution is -2.56. The van der Waals surface area contributed by atoms with Crippen molar-refractivity contribution in [3.8, 4) is 5.75 Å². The molecule has 4 aliphatic rings. The fourth-order valence-corrected chi connectivity index (χ4v) is 4.12.